The second kappa shape index (κ2) is 11.2. The summed E-state index contributed by atoms with van der Waals surface area (Å²) in [4.78, 5) is 15.9. The van der Waals surface area contributed by atoms with Gasteiger partial charge >= 0.3 is 5.97 Å². The molecule has 9 heteroatoms. The van der Waals surface area contributed by atoms with E-state index in [9.17, 15) is 15.2 Å². The predicted octanol–water partition coefficient (Wildman–Crippen LogP) is 7.86. The molecular weight excluding hydrogens is 532 g/mol. The minimum absolute atomic E-state index is 0.0304. The van der Waals surface area contributed by atoms with E-state index in [2.05, 4.69) is 11.1 Å². The number of nitriles is 1. The van der Waals surface area contributed by atoms with Crippen LogP contribution in [0.1, 0.15) is 21.7 Å². The van der Waals surface area contributed by atoms with Crippen molar-refractivity contribution >= 4 is 29.7 Å². The second-order valence-corrected chi connectivity index (χ2v) is 8.92. The molecule has 0 aliphatic rings. The van der Waals surface area contributed by atoms with Crippen LogP contribution < -0.4 is 9.47 Å². The van der Waals surface area contributed by atoms with E-state index in [0.717, 1.165) is 11.1 Å². The Morgan fingerprint density at radius 1 is 0.900 bits per heavy atom. The molecule has 1 N–H and O–H groups in total. The summed E-state index contributed by atoms with van der Waals surface area (Å²) in [6.07, 6.45) is 1.44. The first-order chi connectivity index (χ1) is 19.4. The van der Waals surface area contributed by atoms with Crippen molar-refractivity contribution in [1.29, 1.82) is 5.26 Å². The summed E-state index contributed by atoms with van der Waals surface area (Å²) in [5.74, 6) is 1.61. The van der Waals surface area contributed by atoms with Gasteiger partial charge in [-0.05, 0) is 72.3 Å². The number of benzene rings is 3. The van der Waals surface area contributed by atoms with Gasteiger partial charge in [0.15, 0.2) is 0 Å². The Labute approximate surface area is 234 Å². The first-order valence-corrected chi connectivity index (χ1v) is 12.3. The molecule has 3 aromatic carbocycles. The molecule has 40 heavy (non-hydrogen) atoms. The molecule has 5 rings (SSSR count). The number of ether oxygens (including phenoxy) is 2. The maximum atomic E-state index is 11.4. The number of carbonyl (C=O) groups is 1. The Morgan fingerprint density at radius 3 is 2.12 bits per heavy atom. The molecule has 5 aromatic rings. The van der Waals surface area contributed by atoms with E-state index in [1.165, 1.54) is 18.3 Å². The average Bonchev–Trinajstić information content (AvgIpc) is 3.61. The maximum Gasteiger partial charge on any atom is 0.337 e. The maximum absolute atomic E-state index is 11.4. The number of aliphatic imine (C=N–C) groups is 1. The van der Waals surface area contributed by atoms with E-state index in [4.69, 9.17) is 29.9 Å². The molecule has 0 aliphatic carbocycles. The number of hydrogen-bond acceptors (Lipinski definition) is 7. The van der Waals surface area contributed by atoms with Crippen molar-refractivity contribution in [1.82, 2.24) is 0 Å². The van der Waals surface area contributed by atoms with Crippen LogP contribution >= 0.6 is 11.6 Å². The number of carboxylic acids is 1. The van der Waals surface area contributed by atoms with Crippen LogP contribution in [0.5, 0.6) is 11.5 Å². The molecule has 0 bridgehead atoms. The standard InChI is InChI=1S/C31H21ClN2O6/c1-37-21-8-3-18(4-9-21)28-25(16-33)30(40-29(28)19-5-10-22(38-2)11-6-19)34-17-23-12-14-27(39-23)20-7-13-26(32)24(15-20)31(35)36/h3-15,17H,1-2H3,(H,35,36). The molecule has 0 saturated heterocycles. The van der Waals surface area contributed by atoms with Crippen molar-refractivity contribution in [3.8, 4) is 51.3 Å². The largest absolute Gasteiger partial charge is 0.497 e. The van der Waals surface area contributed by atoms with Gasteiger partial charge in [-0.15, -0.1) is 0 Å². The van der Waals surface area contributed by atoms with Crippen LogP contribution in [0.3, 0.4) is 0 Å². The third kappa shape index (κ3) is 5.19. The number of nitrogens with zero attached hydrogens (tertiary/aromatic N) is 2. The molecule has 0 aliphatic heterocycles. The molecule has 0 radical (unpaired) electrons. The van der Waals surface area contributed by atoms with Gasteiger partial charge in [0.25, 0.3) is 0 Å². The molecule has 0 unspecified atom stereocenters. The Kier molecular flexibility index (Phi) is 7.40. The monoisotopic (exact) mass is 552 g/mol. The van der Waals surface area contributed by atoms with E-state index < -0.39 is 5.97 Å². The zero-order chi connectivity index (χ0) is 28.2. The topological polar surface area (TPSA) is 118 Å². The van der Waals surface area contributed by atoms with Crippen molar-refractivity contribution in [3.05, 3.63) is 101 Å². The van der Waals surface area contributed by atoms with Gasteiger partial charge in [-0.2, -0.15) is 5.26 Å². The molecule has 0 saturated carbocycles. The quantitative estimate of drug-likeness (QED) is 0.194. The van der Waals surface area contributed by atoms with Gasteiger partial charge in [0.05, 0.1) is 31.0 Å². The van der Waals surface area contributed by atoms with E-state index in [1.807, 2.05) is 36.4 Å². The van der Waals surface area contributed by atoms with Crippen LogP contribution in [-0.4, -0.2) is 31.5 Å². The van der Waals surface area contributed by atoms with Gasteiger partial charge in [-0.1, -0.05) is 23.7 Å². The van der Waals surface area contributed by atoms with Crippen molar-refractivity contribution in [2.24, 2.45) is 4.99 Å². The highest BCUT2D eigenvalue weighted by Gasteiger charge is 2.23. The molecule has 8 nitrogen and oxygen atoms in total. The summed E-state index contributed by atoms with van der Waals surface area (Å²) in [6.45, 7) is 0. The summed E-state index contributed by atoms with van der Waals surface area (Å²) in [5.41, 5.74) is 2.85. The van der Waals surface area contributed by atoms with E-state index in [-0.39, 0.29) is 22.0 Å². The lowest BCUT2D eigenvalue weighted by Gasteiger charge is -2.06. The van der Waals surface area contributed by atoms with E-state index >= 15 is 0 Å². The van der Waals surface area contributed by atoms with Gasteiger partial charge in [0.2, 0.25) is 5.88 Å². The summed E-state index contributed by atoms with van der Waals surface area (Å²) >= 11 is 5.98. The van der Waals surface area contributed by atoms with Crippen molar-refractivity contribution in [3.63, 3.8) is 0 Å². The first kappa shape index (κ1) is 26.4. The number of carboxylic acid groups (broad SMARTS) is 1. The van der Waals surface area contributed by atoms with Crippen LogP contribution in [0, 0.1) is 11.3 Å². The minimum Gasteiger partial charge on any atom is -0.497 e. The van der Waals surface area contributed by atoms with Gasteiger partial charge in [0.1, 0.15) is 40.4 Å². The second-order valence-electron chi connectivity index (χ2n) is 8.52. The van der Waals surface area contributed by atoms with Gasteiger partial charge in [0, 0.05) is 16.7 Å². The molecule has 2 aromatic heterocycles. The number of hydrogen-bond donors (Lipinski definition) is 1. The van der Waals surface area contributed by atoms with Crippen LogP contribution in [-0.2, 0) is 0 Å². The Hall–Kier alpha value is -5.26. The number of aromatic carboxylic acids is 1. The first-order valence-electron chi connectivity index (χ1n) is 11.9. The summed E-state index contributed by atoms with van der Waals surface area (Å²) in [6, 6.07) is 24.8. The molecule has 198 valence electrons. The fraction of sp³-hybridized carbons (Fsp3) is 0.0645. The fourth-order valence-corrected chi connectivity index (χ4v) is 4.33. The van der Waals surface area contributed by atoms with Gasteiger partial charge in [-0.25, -0.2) is 9.79 Å². The smallest absolute Gasteiger partial charge is 0.337 e. The summed E-state index contributed by atoms with van der Waals surface area (Å²) in [5, 5.41) is 19.6. The highest BCUT2D eigenvalue weighted by molar-refractivity contribution is 6.33. The lowest BCUT2D eigenvalue weighted by Crippen LogP contribution is -1.97. The van der Waals surface area contributed by atoms with Crippen molar-refractivity contribution in [2.75, 3.05) is 14.2 Å². The Morgan fingerprint density at radius 2 is 1.52 bits per heavy atom. The zero-order valence-corrected chi connectivity index (χ0v) is 22.1. The normalized spacial score (nSPS) is 10.9. The third-order valence-electron chi connectivity index (χ3n) is 6.15. The van der Waals surface area contributed by atoms with Crippen LogP contribution in [0.2, 0.25) is 5.02 Å². The lowest BCUT2D eigenvalue weighted by atomic mass is 9.98. The lowest BCUT2D eigenvalue weighted by molar-refractivity contribution is 0.0697. The minimum atomic E-state index is -1.14. The van der Waals surface area contributed by atoms with Gasteiger partial charge in [-0.3, -0.25) is 0 Å². The Bertz CT molecular complexity index is 1760. The molecule has 0 fully saturated rings. The highest BCUT2D eigenvalue weighted by Crippen LogP contribution is 2.43. The zero-order valence-electron chi connectivity index (χ0n) is 21.3. The van der Waals surface area contributed by atoms with E-state index in [0.29, 0.717) is 39.9 Å². The fourth-order valence-electron chi connectivity index (χ4n) is 4.13. The average molecular weight is 553 g/mol. The number of rotatable bonds is 8. The molecule has 0 atom stereocenters. The number of methoxy groups -OCH3 is 2. The molecule has 0 spiro atoms. The molecule has 0 amide bonds. The van der Waals surface area contributed by atoms with Crippen molar-refractivity contribution in [2.45, 2.75) is 0 Å². The summed E-state index contributed by atoms with van der Waals surface area (Å²) in [7, 11) is 3.17. The van der Waals surface area contributed by atoms with Gasteiger partial charge < -0.3 is 23.4 Å². The SMILES string of the molecule is COc1ccc(-c2oc(N=Cc3ccc(-c4ccc(Cl)c(C(=O)O)c4)o3)c(C#N)c2-c2ccc(OC)cc2)cc1. The van der Waals surface area contributed by atoms with E-state index in [1.54, 1.807) is 44.6 Å². The van der Waals surface area contributed by atoms with Crippen LogP contribution in [0.25, 0.3) is 33.8 Å². The number of furan rings is 2. The molecular formula is C31H21ClN2O6. The molecule has 2 heterocycles. The van der Waals surface area contributed by atoms with Crippen LogP contribution in [0.15, 0.2) is 92.7 Å². The predicted molar refractivity (Wildman–Crippen MR) is 151 cm³/mol. The third-order valence-corrected chi connectivity index (χ3v) is 6.48. The van der Waals surface area contributed by atoms with Crippen molar-refractivity contribution < 1.29 is 28.2 Å². The Balaban J connectivity index is 1.55. The van der Waals surface area contributed by atoms with Crippen LogP contribution in [0.4, 0.5) is 5.88 Å². The summed E-state index contributed by atoms with van der Waals surface area (Å²) < 4.78 is 22.6. The highest BCUT2D eigenvalue weighted by atomic mass is 35.5. The number of halogens is 1.